The number of nitrogens with zero attached hydrogens (tertiary/aromatic N) is 1. The van der Waals surface area contributed by atoms with E-state index in [9.17, 15) is 9.90 Å². The maximum absolute atomic E-state index is 12.1. The van der Waals surface area contributed by atoms with Crippen LogP contribution in [0.3, 0.4) is 0 Å². The minimum absolute atomic E-state index is 0.195. The van der Waals surface area contributed by atoms with Crippen molar-refractivity contribution in [2.24, 2.45) is 0 Å². The monoisotopic (exact) mass is 339 g/mol. The largest absolute Gasteiger partial charge is 0.388 e. The second-order valence-electron chi connectivity index (χ2n) is 4.91. The lowest BCUT2D eigenvalue weighted by atomic mass is 10.1. The zero-order valence-corrected chi connectivity index (χ0v) is 13.0. The lowest BCUT2D eigenvalue weighted by Gasteiger charge is -2.29. The van der Waals surface area contributed by atoms with Gasteiger partial charge in [-0.15, -0.1) is 0 Å². The number of aliphatic hydroxyl groups is 1. The Morgan fingerprint density at radius 1 is 1.60 bits per heavy atom. The van der Waals surface area contributed by atoms with Crippen molar-refractivity contribution in [3.63, 3.8) is 0 Å². The molecule has 1 aromatic carbocycles. The van der Waals surface area contributed by atoms with Crippen LogP contribution in [0.5, 0.6) is 0 Å². The van der Waals surface area contributed by atoms with Crippen LogP contribution < -0.4 is 0 Å². The number of benzene rings is 1. The van der Waals surface area contributed by atoms with Crippen molar-refractivity contribution >= 4 is 21.8 Å². The molecular weight excluding hydrogens is 322 g/mol. The fraction of sp³-hybridized carbons (Fsp3) is 0.400. The second kappa shape index (κ2) is 6.52. The molecule has 4 nitrogen and oxygen atoms in total. The summed E-state index contributed by atoms with van der Waals surface area (Å²) in [6.07, 6.45) is 0.629. The van der Waals surface area contributed by atoms with Gasteiger partial charge in [0, 0.05) is 11.0 Å². The maximum atomic E-state index is 12.1. The molecule has 0 unspecified atom stereocenters. The molecule has 1 aliphatic rings. The fourth-order valence-corrected chi connectivity index (χ4v) is 2.71. The van der Waals surface area contributed by atoms with Crippen molar-refractivity contribution in [3.8, 4) is 0 Å². The van der Waals surface area contributed by atoms with Crippen molar-refractivity contribution in [2.45, 2.75) is 25.6 Å². The number of aliphatic hydroxyl groups excluding tert-OH is 1. The van der Waals surface area contributed by atoms with Crippen molar-refractivity contribution in [1.82, 2.24) is 4.90 Å². The average molecular weight is 340 g/mol. The van der Waals surface area contributed by atoms with Crippen molar-refractivity contribution in [2.75, 3.05) is 13.2 Å². The molecule has 0 aliphatic carbocycles. The minimum atomic E-state index is -0.647. The summed E-state index contributed by atoms with van der Waals surface area (Å²) in [5, 5.41) is 9.94. The normalized spacial score (nSPS) is 21.8. The van der Waals surface area contributed by atoms with Gasteiger partial charge in [-0.1, -0.05) is 28.6 Å². The van der Waals surface area contributed by atoms with Gasteiger partial charge in [-0.3, -0.25) is 4.79 Å². The Labute approximate surface area is 127 Å². The number of aryl methyl sites for hydroxylation is 1. The molecule has 0 saturated carbocycles. The van der Waals surface area contributed by atoms with Crippen LogP contribution in [0.25, 0.3) is 0 Å². The molecule has 108 valence electrons. The van der Waals surface area contributed by atoms with Gasteiger partial charge in [-0.05, 0) is 36.3 Å². The molecule has 1 fully saturated rings. The summed E-state index contributed by atoms with van der Waals surface area (Å²) >= 11 is 3.44. The van der Waals surface area contributed by atoms with E-state index in [2.05, 4.69) is 22.5 Å². The van der Waals surface area contributed by atoms with Gasteiger partial charge < -0.3 is 14.7 Å². The van der Waals surface area contributed by atoms with Gasteiger partial charge in [0.1, 0.15) is 0 Å². The van der Waals surface area contributed by atoms with Crippen LogP contribution in [0.15, 0.2) is 35.3 Å². The molecule has 0 radical (unpaired) electrons. The molecule has 20 heavy (non-hydrogen) atoms. The molecule has 5 heteroatoms. The van der Waals surface area contributed by atoms with Crippen LogP contribution in [-0.2, 0) is 16.1 Å². The standard InChI is InChI=1S/C15H18BrNO3/c1-3-15(19)17(13-8-20-9-14(13)18)7-11-6-12(16)5-4-10(11)2/h3-6,13-14,18H,1,7-9H2,2H3/t13-,14-/m1/s1. The first-order valence-corrected chi connectivity index (χ1v) is 7.26. The van der Waals surface area contributed by atoms with Crippen LogP contribution in [0.1, 0.15) is 11.1 Å². The van der Waals surface area contributed by atoms with E-state index in [1.807, 2.05) is 25.1 Å². The number of carbonyl (C=O) groups excluding carboxylic acids is 1. The summed E-state index contributed by atoms with van der Waals surface area (Å²) in [7, 11) is 0. The molecule has 1 saturated heterocycles. The molecule has 2 atom stereocenters. The summed E-state index contributed by atoms with van der Waals surface area (Å²) in [4.78, 5) is 13.7. The van der Waals surface area contributed by atoms with E-state index in [1.165, 1.54) is 6.08 Å². The summed E-state index contributed by atoms with van der Waals surface area (Å²) in [6.45, 7) is 6.59. The Kier molecular flexibility index (Phi) is 4.96. The zero-order valence-electron chi connectivity index (χ0n) is 11.4. The average Bonchev–Trinajstić information content (AvgIpc) is 2.85. The Morgan fingerprint density at radius 3 is 2.95 bits per heavy atom. The van der Waals surface area contributed by atoms with Gasteiger partial charge in [-0.2, -0.15) is 0 Å². The number of hydrogen-bond acceptors (Lipinski definition) is 3. The molecular formula is C15H18BrNO3. The summed E-state index contributed by atoms with van der Waals surface area (Å²) in [5.74, 6) is -0.195. The first kappa shape index (κ1) is 15.2. The smallest absolute Gasteiger partial charge is 0.246 e. The number of hydrogen-bond donors (Lipinski definition) is 1. The fourth-order valence-electron chi connectivity index (χ4n) is 2.30. The molecule has 1 amide bonds. The summed E-state index contributed by atoms with van der Waals surface area (Å²) < 4.78 is 6.21. The number of ether oxygens (including phenoxy) is 1. The molecule has 1 heterocycles. The van der Waals surface area contributed by atoms with Crippen molar-refractivity contribution in [3.05, 3.63) is 46.5 Å². The van der Waals surface area contributed by atoms with E-state index in [-0.39, 0.29) is 18.6 Å². The summed E-state index contributed by atoms with van der Waals surface area (Å²) in [6, 6.07) is 5.63. The van der Waals surface area contributed by atoms with Crippen LogP contribution >= 0.6 is 15.9 Å². The van der Waals surface area contributed by atoms with Gasteiger partial charge in [0.2, 0.25) is 5.91 Å². The zero-order chi connectivity index (χ0) is 14.7. The quantitative estimate of drug-likeness (QED) is 0.854. The van der Waals surface area contributed by atoms with E-state index < -0.39 is 6.10 Å². The Balaban J connectivity index is 2.25. The topological polar surface area (TPSA) is 49.8 Å². The third-order valence-electron chi connectivity index (χ3n) is 3.53. The second-order valence-corrected chi connectivity index (χ2v) is 5.83. The number of halogens is 1. The highest BCUT2D eigenvalue weighted by molar-refractivity contribution is 9.10. The third kappa shape index (κ3) is 3.29. The molecule has 1 N–H and O–H groups in total. The first-order valence-electron chi connectivity index (χ1n) is 6.47. The van der Waals surface area contributed by atoms with Gasteiger partial charge in [-0.25, -0.2) is 0 Å². The molecule has 1 aromatic rings. The summed E-state index contributed by atoms with van der Waals surface area (Å²) in [5.41, 5.74) is 2.14. The van der Waals surface area contributed by atoms with Crippen LogP contribution in [0.4, 0.5) is 0 Å². The highest BCUT2D eigenvalue weighted by Crippen LogP contribution is 2.21. The van der Waals surface area contributed by atoms with Gasteiger partial charge in [0.05, 0.1) is 25.4 Å². The van der Waals surface area contributed by atoms with Crippen LogP contribution in [0, 0.1) is 6.92 Å². The highest BCUT2D eigenvalue weighted by Gasteiger charge is 2.33. The molecule has 2 rings (SSSR count). The maximum Gasteiger partial charge on any atom is 0.246 e. The van der Waals surface area contributed by atoms with E-state index in [0.717, 1.165) is 15.6 Å². The predicted molar refractivity (Wildman–Crippen MR) is 80.2 cm³/mol. The third-order valence-corrected chi connectivity index (χ3v) is 4.02. The lowest BCUT2D eigenvalue weighted by Crippen LogP contribution is -2.45. The Hall–Kier alpha value is -1.17. The van der Waals surface area contributed by atoms with Crippen LogP contribution in [-0.4, -0.2) is 41.3 Å². The van der Waals surface area contributed by atoms with Crippen molar-refractivity contribution in [1.29, 1.82) is 0 Å². The van der Waals surface area contributed by atoms with E-state index in [1.54, 1.807) is 4.90 Å². The highest BCUT2D eigenvalue weighted by atomic mass is 79.9. The van der Waals surface area contributed by atoms with Gasteiger partial charge in [0.15, 0.2) is 0 Å². The van der Waals surface area contributed by atoms with E-state index in [0.29, 0.717) is 13.2 Å². The number of rotatable bonds is 4. The SMILES string of the molecule is C=CC(=O)N(Cc1cc(Br)ccc1C)[C@@H]1COC[C@H]1O. The predicted octanol–water partition coefficient (Wildman–Crippen LogP) is 2.03. The Morgan fingerprint density at radius 2 is 2.35 bits per heavy atom. The van der Waals surface area contributed by atoms with E-state index >= 15 is 0 Å². The lowest BCUT2D eigenvalue weighted by molar-refractivity contribution is -0.130. The molecule has 0 spiro atoms. The van der Waals surface area contributed by atoms with Gasteiger partial charge >= 0.3 is 0 Å². The molecule has 0 aromatic heterocycles. The first-order chi connectivity index (χ1) is 9.52. The molecule has 1 aliphatic heterocycles. The molecule has 0 bridgehead atoms. The van der Waals surface area contributed by atoms with Crippen LogP contribution in [0.2, 0.25) is 0 Å². The number of amides is 1. The number of carbonyl (C=O) groups is 1. The minimum Gasteiger partial charge on any atom is -0.388 e. The van der Waals surface area contributed by atoms with Gasteiger partial charge in [0.25, 0.3) is 0 Å². The Bertz CT molecular complexity index is 518. The van der Waals surface area contributed by atoms with Crippen molar-refractivity contribution < 1.29 is 14.6 Å². The van der Waals surface area contributed by atoms with E-state index in [4.69, 9.17) is 4.74 Å².